The van der Waals surface area contributed by atoms with Crippen LogP contribution in [0, 0.1) is 0 Å². The van der Waals surface area contributed by atoms with Crippen LogP contribution in [0.4, 0.5) is 0 Å². The Labute approximate surface area is 68.7 Å². The van der Waals surface area contributed by atoms with E-state index in [9.17, 15) is 0 Å². The van der Waals surface area contributed by atoms with E-state index >= 15 is 0 Å². The fraction of sp³-hybridized carbons (Fsp3) is 0. The molecule has 0 amide bonds. The van der Waals surface area contributed by atoms with Crippen LogP contribution in [0.2, 0.25) is 0 Å². The summed E-state index contributed by atoms with van der Waals surface area (Å²) in [6.07, 6.45) is 3.80. The molecular weight excluding hydrogens is 150 g/mol. The second kappa shape index (κ2) is 1.88. The average molecular weight is 157 g/mol. The maximum absolute atomic E-state index is 4.27. The molecule has 0 unspecified atom stereocenters. The van der Waals surface area contributed by atoms with E-state index in [-0.39, 0.29) is 0 Å². The van der Waals surface area contributed by atoms with Gasteiger partial charge in [-0.25, -0.2) is 4.98 Å². The van der Waals surface area contributed by atoms with Gasteiger partial charge in [0.05, 0.1) is 5.52 Å². The van der Waals surface area contributed by atoms with Crippen molar-refractivity contribution >= 4 is 16.8 Å². The van der Waals surface area contributed by atoms with E-state index in [0.29, 0.717) is 0 Å². The van der Waals surface area contributed by atoms with Crippen LogP contribution in [0.5, 0.6) is 0 Å². The maximum Gasteiger partial charge on any atom is 0.162 e. The highest BCUT2D eigenvalue weighted by atomic mass is 15.1. The topological polar surface area (TPSA) is 33.1 Å². The molecule has 3 aromatic heterocycles. The van der Waals surface area contributed by atoms with E-state index in [1.165, 1.54) is 0 Å². The highest BCUT2D eigenvalue weighted by Gasteiger charge is 2.00. The fourth-order valence-electron chi connectivity index (χ4n) is 1.49. The molecule has 0 fully saturated rings. The number of nitrogens with one attached hydrogen (secondary N) is 1. The van der Waals surface area contributed by atoms with Crippen LogP contribution < -0.4 is 0 Å². The quantitative estimate of drug-likeness (QED) is 0.530. The SMILES string of the molecule is c1cnc2c(c1)[nH]c1cccn12. The Morgan fingerprint density at radius 1 is 1.25 bits per heavy atom. The highest BCUT2D eigenvalue weighted by Crippen LogP contribution is 2.13. The van der Waals surface area contributed by atoms with Crippen molar-refractivity contribution in [1.29, 1.82) is 0 Å². The summed E-state index contributed by atoms with van der Waals surface area (Å²) in [6, 6.07) is 7.98. The van der Waals surface area contributed by atoms with Gasteiger partial charge in [-0.3, -0.25) is 4.40 Å². The Bertz CT molecular complexity index is 532. The molecule has 0 aromatic carbocycles. The standard InChI is InChI=1S/C9H7N3/c1-3-7-9(10-5-1)12-6-2-4-8(12)11-7/h1-6,11H. The van der Waals surface area contributed by atoms with Gasteiger partial charge in [0.25, 0.3) is 0 Å². The molecule has 3 nitrogen and oxygen atoms in total. The van der Waals surface area contributed by atoms with E-state index < -0.39 is 0 Å². The third-order valence-corrected chi connectivity index (χ3v) is 2.03. The first-order valence-corrected chi connectivity index (χ1v) is 3.85. The normalized spacial score (nSPS) is 11.3. The zero-order chi connectivity index (χ0) is 7.97. The fourth-order valence-corrected chi connectivity index (χ4v) is 1.49. The van der Waals surface area contributed by atoms with Crippen molar-refractivity contribution in [3.05, 3.63) is 36.7 Å². The van der Waals surface area contributed by atoms with Crippen molar-refractivity contribution in [2.45, 2.75) is 0 Å². The second-order valence-corrected chi connectivity index (χ2v) is 2.76. The second-order valence-electron chi connectivity index (χ2n) is 2.76. The number of fused-ring (bicyclic) bond motifs is 3. The largest absolute Gasteiger partial charge is 0.338 e. The van der Waals surface area contributed by atoms with Crippen LogP contribution in [0.25, 0.3) is 16.8 Å². The summed E-state index contributed by atoms with van der Waals surface area (Å²) >= 11 is 0. The number of aromatic amines is 1. The number of aromatic nitrogens is 3. The van der Waals surface area contributed by atoms with Gasteiger partial charge in [0.15, 0.2) is 5.65 Å². The molecule has 3 heterocycles. The van der Waals surface area contributed by atoms with E-state index in [0.717, 1.165) is 16.8 Å². The van der Waals surface area contributed by atoms with Gasteiger partial charge >= 0.3 is 0 Å². The molecule has 0 aliphatic rings. The first kappa shape index (κ1) is 5.83. The predicted molar refractivity (Wildman–Crippen MR) is 47.0 cm³/mol. The summed E-state index contributed by atoms with van der Waals surface area (Å²) in [5.74, 6) is 0. The number of hydrogen-bond donors (Lipinski definition) is 1. The minimum Gasteiger partial charge on any atom is -0.338 e. The molecule has 0 aliphatic carbocycles. The molecule has 3 aromatic rings. The zero-order valence-corrected chi connectivity index (χ0v) is 6.36. The van der Waals surface area contributed by atoms with Gasteiger partial charge in [-0.1, -0.05) is 0 Å². The van der Waals surface area contributed by atoms with Crippen molar-refractivity contribution in [2.75, 3.05) is 0 Å². The van der Waals surface area contributed by atoms with Crippen molar-refractivity contribution in [3.63, 3.8) is 0 Å². The first-order valence-electron chi connectivity index (χ1n) is 3.85. The molecule has 3 heteroatoms. The third-order valence-electron chi connectivity index (χ3n) is 2.03. The lowest BCUT2D eigenvalue weighted by molar-refractivity contribution is 1.22. The van der Waals surface area contributed by atoms with Crippen LogP contribution in [-0.2, 0) is 0 Å². The van der Waals surface area contributed by atoms with Gasteiger partial charge in [0.1, 0.15) is 5.65 Å². The average Bonchev–Trinajstić information content (AvgIpc) is 2.62. The van der Waals surface area contributed by atoms with E-state index in [1.807, 2.05) is 34.9 Å². The van der Waals surface area contributed by atoms with Crippen molar-refractivity contribution in [1.82, 2.24) is 14.4 Å². The molecule has 0 atom stereocenters. The Balaban J connectivity index is 2.68. The van der Waals surface area contributed by atoms with Crippen LogP contribution >= 0.6 is 0 Å². The van der Waals surface area contributed by atoms with Crippen molar-refractivity contribution in [2.24, 2.45) is 0 Å². The summed E-state index contributed by atoms with van der Waals surface area (Å²) in [7, 11) is 0. The minimum atomic E-state index is 0.984. The van der Waals surface area contributed by atoms with Gasteiger partial charge in [-0.2, -0.15) is 0 Å². The number of H-pyrrole nitrogens is 1. The molecule has 0 saturated carbocycles. The molecule has 0 aliphatic heterocycles. The lowest BCUT2D eigenvalue weighted by Crippen LogP contribution is -1.78. The molecule has 0 bridgehead atoms. The van der Waals surface area contributed by atoms with Crippen LogP contribution in [0.3, 0.4) is 0 Å². The summed E-state index contributed by atoms with van der Waals surface area (Å²) in [6.45, 7) is 0. The first-order chi connectivity index (χ1) is 5.95. The number of nitrogens with zero attached hydrogens (tertiary/aromatic N) is 2. The predicted octanol–water partition coefficient (Wildman–Crippen LogP) is 1.82. The van der Waals surface area contributed by atoms with Gasteiger partial charge in [0, 0.05) is 12.4 Å². The summed E-state index contributed by atoms with van der Waals surface area (Å²) in [5.41, 5.74) is 3.15. The van der Waals surface area contributed by atoms with E-state index in [2.05, 4.69) is 9.97 Å². The van der Waals surface area contributed by atoms with E-state index in [1.54, 1.807) is 6.20 Å². The Morgan fingerprint density at radius 3 is 3.25 bits per heavy atom. The smallest absolute Gasteiger partial charge is 0.162 e. The number of imidazole rings is 1. The van der Waals surface area contributed by atoms with Crippen LogP contribution in [-0.4, -0.2) is 14.4 Å². The molecule has 58 valence electrons. The zero-order valence-electron chi connectivity index (χ0n) is 6.36. The Hall–Kier alpha value is -1.77. The van der Waals surface area contributed by atoms with Gasteiger partial charge < -0.3 is 4.98 Å². The molecule has 0 spiro atoms. The molecular formula is C9H7N3. The minimum absolute atomic E-state index is 0.984. The Kier molecular flexibility index (Phi) is 0.913. The van der Waals surface area contributed by atoms with Crippen molar-refractivity contribution in [3.8, 4) is 0 Å². The lowest BCUT2D eigenvalue weighted by atomic mass is 10.4. The summed E-state index contributed by atoms with van der Waals surface area (Å²) in [5, 5.41) is 0. The lowest BCUT2D eigenvalue weighted by Gasteiger charge is -1.86. The third kappa shape index (κ3) is 0.580. The molecule has 1 N–H and O–H groups in total. The number of hydrogen-bond acceptors (Lipinski definition) is 1. The van der Waals surface area contributed by atoms with E-state index in [4.69, 9.17) is 0 Å². The van der Waals surface area contributed by atoms with Gasteiger partial charge in [-0.05, 0) is 24.3 Å². The number of rotatable bonds is 0. The number of pyridine rings is 1. The molecule has 0 saturated heterocycles. The molecule has 3 rings (SSSR count). The van der Waals surface area contributed by atoms with Crippen LogP contribution in [0.1, 0.15) is 0 Å². The monoisotopic (exact) mass is 157 g/mol. The maximum atomic E-state index is 4.27. The van der Waals surface area contributed by atoms with Crippen molar-refractivity contribution < 1.29 is 0 Å². The molecule has 0 radical (unpaired) electrons. The summed E-state index contributed by atoms with van der Waals surface area (Å²) in [4.78, 5) is 7.53. The summed E-state index contributed by atoms with van der Waals surface area (Å²) < 4.78 is 2.04. The molecule has 12 heavy (non-hydrogen) atoms. The van der Waals surface area contributed by atoms with Gasteiger partial charge in [-0.15, -0.1) is 0 Å². The van der Waals surface area contributed by atoms with Crippen LogP contribution in [0.15, 0.2) is 36.7 Å². The highest BCUT2D eigenvalue weighted by molar-refractivity contribution is 5.76. The van der Waals surface area contributed by atoms with Gasteiger partial charge in [0.2, 0.25) is 0 Å². The Morgan fingerprint density at radius 2 is 2.25 bits per heavy atom.